The number of ether oxygens (including phenoxy) is 1. The van der Waals surface area contributed by atoms with Crippen LogP contribution < -0.4 is 5.32 Å². The first-order valence-corrected chi connectivity index (χ1v) is 7.15. The van der Waals surface area contributed by atoms with E-state index in [1.165, 1.54) is 0 Å². The maximum atomic E-state index is 11.9. The van der Waals surface area contributed by atoms with Gasteiger partial charge >= 0.3 is 12.1 Å². The molecule has 5 nitrogen and oxygen atoms in total. The van der Waals surface area contributed by atoms with Gasteiger partial charge in [0.1, 0.15) is 5.60 Å². The molecule has 0 bridgehead atoms. The van der Waals surface area contributed by atoms with Gasteiger partial charge in [0.05, 0.1) is 6.42 Å². The van der Waals surface area contributed by atoms with Crippen molar-refractivity contribution < 1.29 is 19.4 Å². The summed E-state index contributed by atoms with van der Waals surface area (Å²) < 4.78 is 5.22. The van der Waals surface area contributed by atoms with Crippen LogP contribution in [0.1, 0.15) is 54.9 Å². The van der Waals surface area contributed by atoms with E-state index in [9.17, 15) is 9.59 Å². The summed E-state index contributed by atoms with van der Waals surface area (Å²) in [4.78, 5) is 22.9. The fraction of sp³-hybridized carbons (Fsp3) is 0.867. The molecule has 0 rings (SSSR count). The SMILES string of the molecule is CC(C)C(C(C)C)[C@@H](CC(=O)O)NC(=O)OC(C)(C)C. The largest absolute Gasteiger partial charge is 0.481 e. The van der Waals surface area contributed by atoms with Crippen LogP contribution in [-0.4, -0.2) is 28.8 Å². The molecule has 0 heterocycles. The van der Waals surface area contributed by atoms with Crippen molar-refractivity contribution >= 4 is 12.1 Å². The van der Waals surface area contributed by atoms with Crippen LogP contribution in [0.3, 0.4) is 0 Å². The Morgan fingerprint density at radius 3 is 1.85 bits per heavy atom. The summed E-state index contributed by atoms with van der Waals surface area (Å²) in [6.45, 7) is 13.5. The zero-order valence-electron chi connectivity index (χ0n) is 13.7. The van der Waals surface area contributed by atoms with Gasteiger partial charge in [0.2, 0.25) is 0 Å². The maximum Gasteiger partial charge on any atom is 0.407 e. The molecule has 5 heteroatoms. The molecule has 2 N–H and O–H groups in total. The maximum absolute atomic E-state index is 11.9. The number of carbonyl (C=O) groups excluding carboxylic acids is 1. The van der Waals surface area contributed by atoms with Gasteiger partial charge in [0.15, 0.2) is 0 Å². The van der Waals surface area contributed by atoms with Gasteiger partial charge in [0.25, 0.3) is 0 Å². The molecule has 0 saturated carbocycles. The Labute approximate surface area is 122 Å². The molecular weight excluding hydrogens is 258 g/mol. The Bertz CT molecular complexity index is 323. The molecule has 0 aromatic carbocycles. The van der Waals surface area contributed by atoms with Gasteiger partial charge in [0, 0.05) is 6.04 Å². The van der Waals surface area contributed by atoms with Gasteiger partial charge in [-0.3, -0.25) is 4.79 Å². The first-order chi connectivity index (χ1) is 8.94. The number of hydrogen-bond acceptors (Lipinski definition) is 3. The molecular formula is C15H29NO4. The van der Waals surface area contributed by atoms with E-state index in [-0.39, 0.29) is 24.2 Å². The van der Waals surface area contributed by atoms with Crippen LogP contribution in [0.4, 0.5) is 4.79 Å². The third kappa shape index (κ3) is 7.36. The summed E-state index contributed by atoms with van der Waals surface area (Å²) in [5.74, 6) is -0.292. The Morgan fingerprint density at radius 2 is 1.55 bits per heavy atom. The molecule has 0 aromatic rings. The number of alkyl carbamates (subject to hydrolysis) is 1. The van der Waals surface area contributed by atoms with Crippen molar-refractivity contribution in [3.8, 4) is 0 Å². The zero-order chi connectivity index (χ0) is 16.1. The molecule has 0 unspecified atom stereocenters. The standard InChI is InChI=1S/C15H29NO4/c1-9(2)13(10(3)4)11(8-12(17)18)16-14(19)20-15(5,6)7/h9-11,13H,8H2,1-7H3,(H,16,19)(H,17,18)/t11-/m1/s1. The average Bonchev–Trinajstić information content (AvgIpc) is 2.10. The third-order valence-electron chi connectivity index (χ3n) is 3.10. The molecule has 118 valence electrons. The summed E-state index contributed by atoms with van der Waals surface area (Å²) in [5, 5.41) is 11.8. The lowest BCUT2D eigenvalue weighted by Crippen LogP contribution is -2.47. The van der Waals surface area contributed by atoms with Crippen molar-refractivity contribution in [2.75, 3.05) is 0 Å². The number of rotatable bonds is 6. The molecule has 0 fully saturated rings. The van der Waals surface area contributed by atoms with Crippen LogP contribution in [0.25, 0.3) is 0 Å². The monoisotopic (exact) mass is 287 g/mol. The predicted molar refractivity (Wildman–Crippen MR) is 78.6 cm³/mol. The van der Waals surface area contributed by atoms with E-state index < -0.39 is 23.7 Å². The van der Waals surface area contributed by atoms with Crippen LogP contribution in [-0.2, 0) is 9.53 Å². The lowest BCUT2D eigenvalue weighted by Gasteiger charge is -2.33. The normalized spacial score (nSPS) is 13.7. The molecule has 0 aliphatic heterocycles. The zero-order valence-corrected chi connectivity index (χ0v) is 13.7. The quantitative estimate of drug-likeness (QED) is 0.786. The average molecular weight is 287 g/mol. The first-order valence-electron chi connectivity index (χ1n) is 7.15. The van der Waals surface area contributed by atoms with Crippen LogP contribution in [0.15, 0.2) is 0 Å². The highest BCUT2D eigenvalue weighted by Gasteiger charge is 2.31. The van der Waals surface area contributed by atoms with Gasteiger partial charge in [-0.15, -0.1) is 0 Å². The summed E-state index contributed by atoms with van der Waals surface area (Å²) in [6, 6.07) is -0.428. The highest BCUT2D eigenvalue weighted by molar-refractivity contribution is 5.71. The molecule has 1 amide bonds. The lowest BCUT2D eigenvalue weighted by atomic mass is 9.78. The van der Waals surface area contributed by atoms with E-state index in [2.05, 4.69) is 5.32 Å². The van der Waals surface area contributed by atoms with Crippen LogP contribution >= 0.6 is 0 Å². The number of nitrogens with one attached hydrogen (secondary N) is 1. The van der Waals surface area contributed by atoms with Crippen molar-refractivity contribution in [3.05, 3.63) is 0 Å². The Morgan fingerprint density at radius 1 is 1.10 bits per heavy atom. The number of carboxylic acid groups (broad SMARTS) is 1. The topological polar surface area (TPSA) is 75.6 Å². The van der Waals surface area contributed by atoms with Crippen LogP contribution in [0.5, 0.6) is 0 Å². The molecule has 20 heavy (non-hydrogen) atoms. The lowest BCUT2D eigenvalue weighted by molar-refractivity contribution is -0.138. The van der Waals surface area contributed by atoms with E-state index in [1.54, 1.807) is 20.8 Å². The van der Waals surface area contributed by atoms with Gasteiger partial charge in [-0.25, -0.2) is 4.79 Å². The highest BCUT2D eigenvalue weighted by Crippen LogP contribution is 2.26. The van der Waals surface area contributed by atoms with Crippen LogP contribution in [0.2, 0.25) is 0 Å². The smallest absolute Gasteiger partial charge is 0.407 e. The molecule has 0 spiro atoms. The summed E-state index contributed by atoms with van der Waals surface area (Å²) in [6.07, 6.45) is -0.657. The van der Waals surface area contributed by atoms with E-state index >= 15 is 0 Å². The first kappa shape index (κ1) is 18.7. The van der Waals surface area contributed by atoms with Gasteiger partial charge in [-0.2, -0.15) is 0 Å². The van der Waals surface area contributed by atoms with Crippen molar-refractivity contribution in [2.24, 2.45) is 17.8 Å². The van der Waals surface area contributed by atoms with Crippen molar-refractivity contribution in [3.63, 3.8) is 0 Å². The molecule has 0 aliphatic rings. The van der Waals surface area contributed by atoms with E-state index in [1.807, 2.05) is 27.7 Å². The van der Waals surface area contributed by atoms with Gasteiger partial charge in [-0.05, 0) is 38.5 Å². The van der Waals surface area contributed by atoms with Crippen molar-refractivity contribution in [1.29, 1.82) is 0 Å². The molecule has 0 radical (unpaired) electrons. The Kier molecular flexibility index (Phi) is 7.03. The second-order valence-corrected chi connectivity index (χ2v) is 6.92. The Hall–Kier alpha value is -1.26. The number of hydrogen-bond donors (Lipinski definition) is 2. The molecule has 0 saturated heterocycles. The van der Waals surface area contributed by atoms with Crippen molar-refractivity contribution in [1.82, 2.24) is 5.32 Å². The number of carboxylic acids is 1. The van der Waals surface area contributed by atoms with Crippen molar-refractivity contribution in [2.45, 2.75) is 66.5 Å². The summed E-state index contributed by atoms with van der Waals surface area (Å²) in [5.41, 5.74) is -0.594. The molecule has 0 aliphatic carbocycles. The minimum absolute atomic E-state index is 0.0821. The predicted octanol–water partition coefficient (Wildman–Crippen LogP) is 3.28. The second-order valence-electron chi connectivity index (χ2n) is 6.92. The second kappa shape index (κ2) is 7.50. The third-order valence-corrected chi connectivity index (χ3v) is 3.10. The minimum atomic E-state index is -0.919. The highest BCUT2D eigenvalue weighted by atomic mass is 16.6. The molecule has 0 aromatic heterocycles. The Balaban J connectivity index is 4.96. The van der Waals surface area contributed by atoms with Gasteiger partial charge in [-0.1, -0.05) is 27.7 Å². The van der Waals surface area contributed by atoms with E-state index in [4.69, 9.17) is 9.84 Å². The fourth-order valence-electron chi connectivity index (χ4n) is 2.63. The fourth-order valence-corrected chi connectivity index (χ4v) is 2.63. The van der Waals surface area contributed by atoms with E-state index in [0.29, 0.717) is 0 Å². The number of carbonyl (C=O) groups is 2. The minimum Gasteiger partial charge on any atom is -0.481 e. The van der Waals surface area contributed by atoms with E-state index in [0.717, 1.165) is 0 Å². The number of aliphatic carboxylic acids is 1. The summed E-state index contributed by atoms with van der Waals surface area (Å²) >= 11 is 0. The molecule has 1 atom stereocenters. The summed E-state index contributed by atoms with van der Waals surface area (Å²) in [7, 11) is 0. The van der Waals surface area contributed by atoms with Gasteiger partial charge < -0.3 is 15.2 Å². The number of amides is 1. The van der Waals surface area contributed by atoms with Crippen LogP contribution in [0, 0.1) is 17.8 Å².